The molecular weight excluding hydrogens is 257 g/mol. The molecule has 0 aliphatic heterocycles. The zero-order valence-corrected chi connectivity index (χ0v) is 11.4. The number of halogens is 1. The Morgan fingerprint density at radius 3 is 2.68 bits per heavy atom. The van der Waals surface area contributed by atoms with E-state index in [-0.39, 0.29) is 11.9 Å². The summed E-state index contributed by atoms with van der Waals surface area (Å²) in [6, 6.07) is 14.8. The van der Waals surface area contributed by atoms with Crippen molar-refractivity contribution >= 4 is 21.4 Å². The van der Waals surface area contributed by atoms with Gasteiger partial charge in [-0.15, -0.1) is 11.3 Å². The van der Waals surface area contributed by atoms with Crippen molar-refractivity contribution in [1.82, 2.24) is 0 Å². The fraction of sp³-hybridized carbons (Fsp3) is 0.125. The van der Waals surface area contributed by atoms with Crippen molar-refractivity contribution in [1.29, 1.82) is 0 Å². The average Bonchev–Trinajstić information content (AvgIpc) is 2.84. The van der Waals surface area contributed by atoms with Crippen LogP contribution in [0.25, 0.3) is 10.1 Å². The lowest BCUT2D eigenvalue weighted by Gasteiger charge is -2.13. The molecule has 1 atom stereocenters. The van der Waals surface area contributed by atoms with Crippen molar-refractivity contribution in [3.8, 4) is 0 Å². The zero-order chi connectivity index (χ0) is 13.4. The maximum Gasteiger partial charge on any atom is 0.123 e. The first-order valence-corrected chi connectivity index (χ1v) is 6.97. The quantitative estimate of drug-likeness (QED) is 0.734. The number of fused-ring (bicyclic) bond motifs is 1. The minimum atomic E-state index is -0.270. The van der Waals surface area contributed by atoms with Crippen LogP contribution in [0.1, 0.15) is 22.0 Å². The van der Waals surface area contributed by atoms with Gasteiger partial charge in [-0.05, 0) is 47.7 Å². The smallest absolute Gasteiger partial charge is 0.123 e. The first-order chi connectivity index (χ1) is 9.15. The summed E-state index contributed by atoms with van der Waals surface area (Å²) < 4.78 is 14.6. The summed E-state index contributed by atoms with van der Waals surface area (Å²) in [7, 11) is 0. The molecule has 1 unspecified atom stereocenters. The van der Waals surface area contributed by atoms with E-state index in [4.69, 9.17) is 5.73 Å². The van der Waals surface area contributed by atoms with Gasteiger partial charge in [-0.3, -0.25) is 0 Å². The monoisotopic (exact) mass is 271 g/mol. The summed E-state index contributed by atoms with van der Waals surface area (Å²) in [5.74, 6) is -0.239. The van der Waals surface area contributed by atoms with Crippen LogP contribution < -0.4 is 5.73 Å². The Labute approximate surface area is 115 Å². The maximum atomic E-state index is 13.4. The van der Waals surface area contributed by atoms with Gasteiger partial charge in [-0.1, -0.05) is 24.3 Å². The van der Waals surface area contributed by atoms with Gasteiger partial charge in [0.05, 0.1) is 6.04 Å². The summed E-state index contributed by atoms with van der Waals surface area (Å²) in [4.78, 5) is 1.06. The highest BCUT2D eigenvalue weighted by Gasteiger charge is 2.15. The van der Waals surface area contributed by atoms with E-state index in [0.29, 0.717) is 0 Å². The molecule has 0 fully saturated rings. The highest BCUT2D eigenvalue weighted by molar-refractivity contribution is 7.19. The van der Waals surface area contributed by atoms with Crippen LogP contribution in [-0.2, 0) is 0 Å². The number of hydrogen-bond donors (Lipinski definition) is 1. The van der Waals surface area contributed by atoms with Crippen molar-refractivity contribution < 1.29 is 4.39 Å². The molecule has 0 aliphatic carbocycles. The third-order valence-corrected chi connectivity index (χ3v) is 4.53. The molecule has 1 aromatic heterocycles. The maximum absolute atomic E-state index is 13.4. The summed E-state index contributed by atoms with van der Waals surface area (Å²) in [5.41, 5.74) is 8.17. The van der Waals surface area contributed by atoms with E-state index >= 15 is 0 Å². The van der Waals surface area contributed by atoms with Crippen molar-refractivity contribution in [2.45, 2.75) is 13.0 Å². The summed E-state index contributed by atoms with van der Waals surface area (Å²) >= 11 is 1.67. The lowest BCUT2D eigenvalue weighted by atomic mass is 10.0. The fourth-order valence-electron chi connectivity index (χ4n) is 2.26. The Morgan fingerprint density at radius 1 is 1.11 bits per heavy atom. The predicted octanol–water partition coefficient (Wildman–Crippen LogP) is 4.40. The highest BCUT2D eigenvalue weighted by atomic mass is 32.1. The molecule has 3 aromatic rings. The van der Waals surface area contributed by atoms with Gasteiger partial charge in [-0.25, -0.2) is 4.39 Å². The molecule has 1 nitrogen and oxygen atoms in total. The Kier molecular flexibility index (Phi) is 3.09. The first-order valence-electron chi connectivity index (χ1n) is 6.15. The molecular formula is C16H14FNS. The van der Waals surface area contributed by atoms with Crippen molar-refractivity contribution in [3.63, 3.8) is 0 Å². The Morgan fingerprint density at radius 2 is 1.89 bits per heavy atom. The van der Waals surface area contributed by atoms with Gasteiger partial charge in [0.25, 0.3) is 0 Å². The Hall–Kier alpha value is -1.71. The number of nitrogens with two attached hydrogens (primary N) is 1. The number of thiophene rings is 1. The SMILES string of the molecule is Cc1ccc(F)cc1C(N)c1cc2ccccc2s1. The molecule has 1 heterocycles. The second kappa shape index (κ2) is 4.76. The van der Waals surface area contributed by atoms with Crippen LogP contribution in [0.5, 0.6) is 0 Å². The lowest BCUT2D eigenvalue weighted by molar-refractivity contribution is 0.623. The van der Waals surface area contributed by atoms with Crippen LogP contribution >= 0.6 is 11.3 Å². The molecule has 2 N–H and O–H groups in total. The largest absolute Gasteiger partial charge is 0.320 e. The molecule has 19 heavy (non-hydrogen) atoms. The highest BCUT2D eigenvalue weighted by Crippen LogP contribution is 2.33. The number of benzene rings is 2. The summed E-state index contributed by atoms with van der Waals surface area (Å²) in [5, 5.41) is 1.19. The second-order valence-corrected chi connectivity index (χ2v) is 5.78. The van der Waals surface area contributed by atoms with Crippen LogP contribution in [0.4, 0.5) is 4.39 Å². The van der Waals surface area contributed by atoms with E-state index < -0.39 is 0 Å². The zero-order valence-electron chi connectivity index (χ0n) is 10.6. The fourth-order valence-corrected chi connectivity index (χ4v) is 3.34. The summed E-state index contributed by atoms with van der Waals surface area (Å²) in [6.45, 7) is 1.96. The van der Waals surface area contributed by atoms with Crippen LogP contribution in [0.3, 0.4) is 0 Å². The third-order valence-electron chi connectivity index (χ3n) is 3.33. The van der Waals surface area contributed by atoms with E-state index in [1.807, 2.05) is 19.1 Å². The first kappa shape index (κ1) is 12.3. The molecule has 0 spiro atoms. The minimum Gasteiger partial charge on any atom is -0.320 e. The van der Waals surface area contributed by atoms with Crippen molar-refractivity contribution in [3.05, 3.63) is 70.4 Å². The second-order valence-electron chi connectivity index (χ2n) is 4.67. The molecule has 0 bridgehead atoms. The number of rotatable bonds is 2. The molecule has 0 amide bonds. The topological polar surface area (TPSA) is 26.0 Å². The molecule has 0 aliphatic rings. The van der Waals surface area contributed by atoms with Gasteiger partial charge in [0.1, 0.15) is 5.82 Å². The van der Waals surface area contributed by atoms with E-state index in [1.54, 1.807) is 17.4 Å². The predicted molar refractivity (Wildman–Crippen MR) is 79.0 cm³/mol. The van der Waals surface area contributed by atoms with Crippen molar-refractivity contribution in [2.24, 2.45) is 5.73 Å². The molecule has 3 heteroatoms. The number of hydrogen-bond acceptors (Lipinski definition) is 2. The Balaban J connectivity index is 2.07. The van der Waals surface area contributed by atoms with E-state index in [0.717, 1.165) is 16.0 Å². The number of aryl methyl sites for hydroxylation is 1. The molecule has 0 saturated heterocycles. The third kappa shape index (κ3) is 2.27. The Bertz CT molecular complexity index is 699. The van der Waals surface area contributed by atoms with Crippen LogP contribution in [0.15, 0.2) is 48.5 Å². The molecule has 3 rings (SSSR count). The van der Waals surface area contributed by atoms with Gasteiger partial charge in [0, 0.05) is 9.58 Å². The van der Waals surface area contributed by atoms with Gasteiger partial charge >= 0.3 is 0 Å². The van der Waals surface area contributed by atoms with Gasteiger partial charge in [0.15, 0.2) is 0 Å². The molecule has 96 valence electrons. The van der Waals surface area contributed by atoms with E-state index in [1.165, 1.54) is 22.2 Å². The van der Waals surface area contributed by atoms with Gasteiger partial charge in [0.2, 0.25) is 0 Å². The minimum absolute atomic E-state index is 0.239. The normalized spacial score (nSPS) is 12.8. The lowest BCUT2D eigenvalue weighted by Crippen LogP contribution is -2.12. The van der Waals surface area contributed by atoms with Gasteiger partial charge in [-0.2, -0.15) is 0 Å². The van der Waals surface area contributed by atoms with E-state index in [9.17, 15) is 4.39 Å². The van der Waals surface area contributed by atoms with Crippen LogP contribution in [-0.4, -0.2) is 0 Å². The molecule has 0 radical (unpaired) electrons. The average molecular weight is 271 g/mol. The standard InChI is InChI=1S/C16H14FNS/c1-10-6-7-12(17)9-13(10)16(18)15-8-11-4-2-3-5-14(11)19-15/h2-9,16H,18H2,1H3. The summed E-state index contributed by atoms with van der Waals surface area (Å²) in [6.07, 6.45) is 0. The van der Waals surface area contributed by atoms with Crippen molar-refractivity contribution in [2.75, 3.05) is 0 Å². The van der Waals surface area contributed by atoms with Gasteiger partial charge < -0.3 is 5.73 Å². The van der Waals surface area contributed by atoms with E-state index in [2.05, 4.69) is 18.2 Å². The van der Waals surface area contributed by atoms with Crippen LogP contribution in [0, 0.1) is 12.7 Å². The molecule has 2 aromatic carbocycles. The molecule has 0 saturated carbocycles. The van der Waals surface area contributed by atoms with Crippen LogP contribution in [0.2, 0.25) is 0 Å².